The lowest BCUT2D eigenvalue weighted by atomic mass is 10.1. The maximum Gasteiger partial charge on any atom is 0.272 e. The van der Waals surface area contributed by atoms with Crippen LogP contribution < -0.4 is 9.64 Å². The van der Waals surface area contributed by atoms with Crippen molar-refractivity contribution < 1.29 is 14.3 Å². The molecule has 27 heavy (non-hydrogen) atoms. The molecular weight excluding hydrogens is 358 g/mol. The fourth-order valence-corrected chi connectivity index (χ4v) is 3.76. The second-order valence-electron chi connectivity index (χ2n) is 6.29. The van der Waals surface area contributed by atoms with Gasteiger partial charge in [0.15, 0.2) is 0 Å². The number of nitrogens with zero attached hydrogens (tertiary/aromatic N) is 1. The second-order valence-corrected chi connectivity index (χ2v) is 7.57. The van der Waals surface area contributed by atoms with Crippen molar-refractivity contribution in [3.8, 4) is 5.75 Å². The van der Waals surface area contributed by atoms with Gasteiger partial charge < -0.3 is 4.74 Å². The van der Waals surface area contributed by atoms with E-state index in [0.29, 0.717) is 22.8 Å². The first-order valence-corrected chi connectivity index (χ1v) is 10.1. The van der Waals surface area contributed by atoms with Gasteiger partial charge in [0, 0.05) is 0 Å². The number of carbonyl (C=O) groups is 2. The van der Waals surface area contributed by atoms with Crippen LogP contribution in [0.5, 0.6) is 5.75 Å². The third-order valence-corrected chi connectivity index (χ3v) is 5.19. The fourth-order valence-electron chi connectivity index (χ4n) is 2.91. The average molecular weight is 381 g/mol. The number of hydrogen-bond acceptors (Lipinski definition) is 4. The summed E-state index contributed by atoms with van der Waals surface area (Å²) in [7, 11) is 0. The van der Waals surface area contributed by atoms with Crippen molar-refractivity contribution in [1.82, 2.24) is 0 Å². The highest BCUT2D eigenvalue weighted by Gasteiger charge is 2.39. The van der Waals surface area contributed by atoms with Crippen LogP contribution in [-0.2, 0) is 9.59 Å². The molecule has 4 nitrogen and oxygen atoms in total. The van der Waals surface area contributed by atoms with Crippen LogP contribution in [0.15, 0.2) is 53.4 Å². The number of amides is 2. The van der Waals surface area contributed by atoms with Crippen molar-refractivity contribution in [2.24, 2.45) is 0 Å². The van der Waals surface area contributed by atoms with E-state index in [-0.39, 0.29) is 11.8 Å². The minimum atomic E-state index is -0.276. The first-order valence-electron chi connectivity index (χ1n) is 9.12. The minimum Gasteiger partial charge on any atom is -0.494 e. The first-order chi connectivity index (χ1) is 13.1. The molecule has 0 unspecified atom stereocenters. The van der Waals surface area contributed by atoms with Crippen molar-refractivity contribution in [2.75, 3.05) is 17.3 Å². The van der Waals surface area contributed by atoms with Crippen molar-refractivity contribution in [3.63, 3.8) is 0 Å². The smallest absolute Gasteiger partial charge is 0.272 e. The molecule has 0 atom stereocenters. The third kappa shape index (κ3) is 3.93. The van der Waals surface area contributed by atoms with Crippen LogP contribution in [0.2, 0.25) is 0 Å². The zero-order valence-electron chi connectivity index (χ0n) is 15.8. The Morgan fingerprint density at radius 2 is 1.59 bits per heavy atom. The van der Waals surface area contributed by atoms with Gasteiger partial charge in [-0.05, 0) is 48.9 Å². The van der Waals surface area contributed by atoms with E-state index >= 15 is 0 Å². The molecule has 0 spiro atoms. The van der Waals surface area contributed by atoms with E-state index in [4.69, 9.17) is 4.74 Å². The van der Waals surface area contributed by atoms with Crippen molar-refractivity contribution in [2.45, 2.75) is 27.2 Å². The van der Waals surface area contributed by atoms with Crippen LogP contribution in [0.4, 0.5) is 5.69 Å². The summed E-state index contributed by atoms with van der Waals surface area (Å²) in [5.41, 5.74) is 2.89. The molecule has 1 aliphatic heterocycles. The lowest BCUT2D eigenvalue weighted by Gasteiger charge is -2.15. The summed E-state index contributed by atoms with van der Waals surface area (Å²) in [5.74, 6) is 0.953. The topological polar surface area (TPSA) is 46.6 Å². The Balaban J connectivity index is 1.97. The van der Waals surface area contributed by atoms with E-state index in [9.17, 15) is 9.59 Å². The van der Waals surface area contributed by atoms with Crippen LogP contribution in [-0.4, -0.2) is 24.2 Å². The highest BCUT2D eigenvalue weighted by Crippen LogP contribution is 2.38. The lowest BCUT2D eigenvalue weighted by Crippen LogP contribution is -2.31. The zero-order valence-corrected chi connectivity index (χ0v) is 16.6. The lowest BCUT2D eigenvalue weighted by molar-refractivity contribution is -0.119. The Morgan fingerprint density at radius 1 is 0.926 bits per heavy atom. The molecule has 0 radical (unpaired) electrons. The Morgan fingerprint density at radius 3 is 2.19 bits per heavy atom. The zero-order chi connectivity index (χ0) is 19.4. The number of rotatable bonds is 7. The molecule has 1 heterocycles. The number of imide groups is 1. The molecule has 5 heteroatoms. The van der Waals surface area contributed by atoms with Gasteiger partial charge in [0.05, 0.1) is 22.8 Å². The van der Waals surface area contributed by atoms with Gasteiger partial charge in [-0.15, -0.1) is 11.8 Å². The molecule has 0 aliphatic carbocycles. The van der Waals surface area contributed by atoms with E-state index in [1.165, 1.54) is 16.7 Å². The summed E-state index contributed by atoms with van der Waals surface area (Å²) in [6.07, 6.45) is 0.933. The average Bonchev–Trinajstić information content (AvgIpc) is 2.92. The molecule has 0 saturated carbocycles. The molecule has 1 aliphatic rings. The normalized spacial score (nSPS) is 14.3. The standard InChI is InChI=1S/C22H23NO3S/c1-4-14-26-18-12-8-16(9-13-18)19-20(27-5-2)22(25)23(21(19)24)17-10-6-15(3)7-11-17/h6-13H,4-5,14H2,1-3H3. The predicted molar refractivity (Wildman–Crippen MR) is 111 cm³/mol. The number of anilines is 1. The van der Waals surface area contributed by atoms with Gasteiger partial charge in [0.25, 0.3) is 11.8 Å². The van der Waals surface area contributed by atoms with Gasteiger partial charge in [0.1, 0.15) is 5.75 Å². The molecule has 0 fully saturated rings. The van der Waals surface area contributed by atoms with Crippen molar-refractivity contribution in [1.29, 1.82) is 0 Å². The van der Waals surface area contributed by atoms with Gasteiger partial charge in [-0.2, -0.15) is 0 Å². The van der Waals surface area contributed by atoms with E-state index in [0.717, 1.165) is 29.1 Å². The van der Waals surface area contributed by atoms with E-state index < -0.39 is 0 Å². The van der Waals surface area contributed by atoms with Crippen LogP contribution in [0.3, 0.4) is 0 Å². The highest BCUT2D eigenvalue weighted by atomic mass is 32.2. The maximum atomic E-state index is 13.1. The molecular formula is C22H23NO3S. The Hall–Kier alpha value is -2.53. The number of carbonyl (C=O) groups excluding carboxylic acids is 2. The second kappa shape index (κ2) is 8.44. The van der Waals surface area contributed by atoms with Crippen molar-refractivity contribution in [3.05, 3.63) is 64.6 Å². The number of benzene rings is 2. The summed E-state index contributed by atoms with van der Waals surface area (Å²) in [5, 5.41) is 0. The molecule has 2 aromatic carbocycles. The summed E-state index contributed by atoms with van der Waals surface area (Å²) in [6.45, 7) is 6.65. The Labute approximate surface area is 164 Å². The monoisotopic (exact) mass is 381 g/mol. The number of thioether (sulfide) groups is 1. The quantitative estimate of drug-likeness (QED) is 0.645. The molecule has 0 saturated heterocycles. The van der Waals surface area contributed by atoms with Gasteiger partial charge in [-0.3, -0.25) is 9.59 Å². The first kappa shape index (κ1) is 19.2. The van der Waals surface area contributed by atoms with Crippen LogP contribution in [0.1, 0.15) is 31.4 Å². The van der Waals surface area contributed by atoms with Gasteiger partial charge in [-0.1, -0.05) is 43.7 Å². The van der Waals surface area contributed by atoms with Gasteiger partial charge in [0.2, 0.25) is 0 Å². The van der Waals surface area contributed by atoms with Gasteiger partial charge in [-0.25, -0.2) is 4.90 Å². The molecule has 0 N–H and O–H groups in total. The Bertz CT molecular complexity index is 869. The summed E-state index contributed by atoms with van der Waals surface area (Å²) in [4.78, 5) is 27.9. The molecule has 0 aromatic heterocycles. The molecule has 140 valence electrons. The molecule has 3 rings (SSSR count). The summed E-state index contributed by atoms with van der Waals surface area (Å²) >= 11 is 1.41. The Kier molecular flexibility index (Phi) is 6.01. The van der Waals surface area contributed by atoms with Gasteiger partial charge >= 0.3 is 0 Å². The molecule has 0 bridgehead atoms. The minimum absolute atomic E-state index is 0.253. The third-order valence-electron chi connectivity index (χ3n) is 4.24. The largest absolute Gasteiger partial charge is 0.494 e. The SMILES string of the molecule is CCCOc1ccc(C2=C(SCC)C(=O)N(c3ccc(C)cc3)C2=O)cc1. The van der Waals surface area contributed by atoms with Crippen LogP contribution in [0.25, 0.3) is 5.57 Å². The van der Waals surface area contributed by atoms with Crippen LogP contribution in [0, 0.1) is 6.92 Å². The number of aryl methyl sites for hydroxylation is 1. The maximum absolute atomic E-state index is 13.1. The number of ether oxygens (including phenoxy) is 1. The fraction of sp³-hybridized carbons (Fsp3) is 0.273. The van der Waals surface area contributed by atoms with E-state index in [2.05, 4.69) is 6.92 Å². The van der Waals surface area contributed by atoms with E-state index in [1.807, 2.05) is 62.4 Å². The van der Waals surface area contributed by atoms with Crippen molar-refractivity contribution >= 4 is 34.8 Å². The highest BCUT2D eigenvalue weighted by molar-refractivity contribution is 8.04. The summed E-state index contributed by atoms with van der Waals surface area (Å²) < 4.78 is 5.61. The summed E-state index contributed by atoms with van der Waals surface area (Å²) in [6, 6.07) is 14.8. The molecule has 2 aromatic rings. The predicted octanol–water partition coefficient (Wildman–Crippen LogP) is 4.82. The molecule has 2 amide bonds. The number of hydrogen-bond donors (Lipinski definition) is 0. The van der Waals surface area contributed by atoms with E-state index in [1.54, 1.807) is 0 Å². The van der Waals surface area contributed by atoms with Crippen LogP contribution >= 0.6 is 11.8 Å².